The molecule has 3 nitrogen and oxygen atoms in total. The van der Waals surface area contributed by atoms with Crippen LogP contribution >= 0.6 is 22.6 Å². The van der Waals surface area contributed by atoms with Crippen molar-refractivity contribution in [3.05, 3.63) is 0 Å². The van der Waals surface area contributed by atoms with Gasteiger partial charge in [-0.25, -0.2) is 0 Å². The van der Waals surface area contributed by atoms with E-state index in [1.807, 2.05) is 0 Å². The van der Waals surface area contributed by atoms with Crippen LogP contribution in [0, 0.1) is 0 Å². The summed E-state index contributed by atoms with van der Waals surface area (Å²) in [5.74, 6) is 0. The third-order valence-electron chi connectivity index (χ3n) is 1.78. The van der Waals surface area contributed by atoms with Gasteiger partial charge in [-0.2, -0.15) is 0 Å². The van der Waals surface area contributed by atoms with Gasteiger partial charge in [0.15, 0.2) is 6.29 Å². The second-order valence-electron chi connectivity index (χ2n) is 2.70. The standard InChI is InChI=1S/C7H13IO3/c1-10-7-3-5(9)2-6(4-8)11-7/h5-7,9H,2-4H2,1H3. The van der Waals surface area contributed by atoms with E-state index >= 15 is 0 Å². The number of hydrogen-bond donors (Lipinski definition) is 1. The normalized spacial score (nSPS) is 39.0. The van der Waals surface area contributed by atoms with Crippen molar-refractivity contribution in [3.63, 3.8) is 0 Å². The molecule has 0 radical (unpaired) electrons. The minimum Gasteiger partial charge on any atom is -0.393 e. The first-order chi connectivity index (χ1) is 5.26. The zero-order valence-electron chi connectivity index (χ0n) is 6.50. The van der Waals surface area contributed by atoms with Gasteiger partial charge in [-0.15, -0.1) is 0 Å². The van der Waals surface area contributed by atoms with Gasteiger partial charge in [0.2, 0.25) is 0 Å². The van der Waals surface area contributed by atoms with Crippen LogP contribution in [0.1, 0.15) is 12.8 Å². The Balaban J connectivity index is 2.37. The highest BCUT2D eigenvalue weighted by Crippen LogP contribution is 2.21. The summed E-state index contributed by atoms with van der Waals surface area (Å²) in [4.78, 5) is 0. The highest BCUT2D eigenvalue weighted by molar-refractivity contribution is 14.1. The Bertz CT molecular complexity index is 108. The van der Waals surface area contributed by atoms with Gasteiger partial charge in [0.25, 0.3) is 0 Å². The van der Waals surface area contributed by atoms with Crippen molar-refractivity contribution in [1.29, 1.82) is 0 Å². The summed E-state index contributed by atoms with van der Waals surface area (Å²) in [5.41, 5.74) is 0. The molecule has 3 atom stereocenters. The topological polar surface area (TPSA) is 38.7 Å². The summed E-state index contributed by atoms with van der Waals surface area (Å²) in [6, 6.07) is 0. The molecule has 0 spiro atoms. The molecule has 0 aromatic rings. The third kappa shape index (κ3) is 2.85. The van der Waals surface area contributed by atoms with E-state index in [1.54, 1.807) is 7.11 Å². The van der Waals surface area contributed by atoms with E-state index in [2.05, 4.69) is 22.6 Å². The summed E-state index contributed by atoms with van der Waals surface area (Å²) in [6.45, 7) is 0. The summed E-state index contributed by atoms with van der Waals surface area (Å²) in [7, 11) is 1.60. The Labute approximate surface area is 80.2 Å². The van der Waals surface area contributed by atoms with E-state index in [9.17, 15) is 5.11 Å². The van der Waals surface area contributed by atoms with Crippen molar-refractivity contribution in [2.45, 2.75) is 31.3 Å². The highest BCUT2D eigenvalue weighted by Gasteiger charge is 2.27. The van der Waals surface area contributed by atoms with Crippen LogP contribution < -0.4 is 0 Å². The predicted octanol–water partition coefficient (Wildman–Crippen LogP) is 0.934. The molecule has 1 fully saturated rings. The van der Waals surface area contributed by atoms with Crippen molar-refractivity contribution in [2.24, 2.45) is 0 Å². The molecule has 0 amide bonds. The summed E-state index contributed by atoms with van der Waals surface area (Å²) in [6.07, 6.45) is 1.03. The Morgan fingerprint density at radius 2 is 2.36 bits per heavy atom. The first-order valence-electron chi connectivity index (χ1n) is 3.68. The number of alkyl halides is 1. The minimum absolute atomic E-state index is 0.157. The zero-order chi connectivity index (χ0) is 8.27. The number of aliphatic hydroxyl groups excluding tert-OH is 1. The van der Waals surface area contributed by atoms with Gasteiger partial charge >= 0.3 is 0 Å². The molecule has 11 heavy (non-hydrogen) atoms. The van der Waals surface area contributed by atoms with Crippen molar-refractivity contribution in [2.75, 3.05) is 11.5 Å². The third-order valence-corrected chi connectivity index (χ3v) is 2.76. The fourth-order valence-corrected chi connectivity index (χ4v) is 1.77. The molecule has 66 valence electrons. The van der Waals surface area contributed by atoms with Crippen LogP contribution in [0.2, 0.25) is 0 Å². The molecular formula is C7H13IO3. The maximum absolute atomic E-state index is 9.35. The van der Waals surface area contributed by atoms with E-state index in [0.29, 0.717) is 6.42 Å². The fourth-order valence-electron chi connectivity index (χ4n) is 1.20. The molecule has 1 rings (SSSR count). The molecule has 0 aliphatic carbocycles. The predicted molar refractivity (Wildman–Crippen MR) is 49.8 cm³/mol. The van der Waals surface area contributed by atoms with Crippen LogP contribution in [0.3, 0.4) is 0 Å². The Kier molecular flexibility index (Phi) is 4.05. The van der Waals surface area contributed by atoms with Crippen molar-refractivity contribution in [1.82, 2.24) is 0 Å². The van der Waals surface area contributed by atoms with Crippen LogP contribution in [-0.2, 0) is 9.47 Å². The number of aliphatic hydroxyl groups is 1. The van der Waals surface area contributed by atoms with Crippen molar-refractivity contribution >= 4 is 22.6 Å². The van der Waals surface area contributed by atoms with E-state index in [1.165, 1.54) is 0 Å². The average Bonchev–Trinajstić information content (AvgIpc) is 2.03. The largest absolute Gasteiger partial charge is 0.393 e. The maximum Gasteiger partial charge on any atom is 0.160 e. The van der Waals surface area contributed by atoms with E-state index in [0.717, 1.165) is 10.8 Å². The van der Waals surface area contributed by atoms with E-state index in [-0.39, 0.29) is 18.5 Å². The van der Waals surface area contributed by atoms with Crippen molar-refractivity contribution in [3.8, 4) is 0 Å². The van der Waals surface area contributed by atoms with Gasteiger partial charge < -0.3 is 14.6 Å². The lowest BCUT2D eigenvalue weighted by Gasteiger charge is -2.31. The smallest absolute Gasteiger partial charge is 0.160 e. The fraction of sp³-hybridized carbons (Fsp3) is 1.00. The summed E-state index contributed by atoms with van der Waals surface area (Å²) in [5, 5.41) is 9.35. The number of methoxy groups -OCH3 is 1. The molecule has 1 heterocycles. The molecule has 0 aromatic heterocycles. The van der Waals surface area contributed by atoms with Gasteiger partial charge in [0.05, 0.1) is 12.2 Å². The van der Waals surface area contributed by atoms with Gasteiger partial charge in [-0.05, 0) is 0 Å². The zero-order valence-corrected chi connectivity index (χ0v) is 8.65. The van der Waals surface area contributed by atoms with E-state index < -0.39 is 0 Å². The molecule has 1 aliphatic heterocycles. The summed E-state index contributed by atoms with van der Waals surface area (Å²) >= 11 is 2.25. The minimum atomic E-state index is -0.256. The van der Waals surface area contributed by atoms with Gasteiger partial charge in [-0.3, -0.25) is 0 Å². The summed E-state index contributed by atoms with van der Waals surface area (Å²) < 4.78 is 11.4. The number of ether oxygens (including phenoxy) is 2. The lowest BCUT2D eigenvalue weighted by Crippen LogP contribution is -2.37. The van der Waals surface area contributed by atoms with Gasteiger partial charge in [-0.1, -0.05) is 22.6 Å². The maximum atomic E-state index is 9.35. The molecule has 3 unspecified atom stereocenters. The van der Waals surface area contributed by atoms with Crippen LogP contribution in [0.5, 0.6) is 0 Å². The molecule has 4 heteroatoms. The first kappa shape index (κ1) is 9.70. The van der Waals surface area contributed by atoms with Crippen LogP contribution in [0.15, 0.2) is 0 Å². The van der Waals surface area contributed by atoms with Crippen LogP contribution in [0.25, 0.3) is 0 Å². The number of halogens is 1. The highest BCUT2D eigenvalue weighted by atomic mass is 127. The molecule has 0 saturated carbocycles. The lowest BCUT2D eigenvalue weighted by atomic mass is 10.1. The van der Waals surface area contributed by atoms with Crippen LogP contribution in [0.4, 0.5) is 0 Å². The van der Waals surface area contributed by atoms with Gasteiger partial charge in [0.1, 0.15) is 0 Å². The van der Waals surface area contributed by atoms with Crippen molar-refractivity contribution < 1.29 is 14.6 Å². The average molecular weight is 272 g/mol. The lowest BCUT2D eigenvalue weighted by molar-refractivity contribution is -0.196. The molecule has 0 bridgehead atoms. The monoisotopic (exact) mass is 272 g/mol. The molecule has 0 aromatic carbocycles. The van der Waals surface area contributed by atoms with Crippen LogP contribution in [-0.4, -0.2) is 35.1 Å². The Hall–Kier alpha value is 0.610. The number of hydrogen-bond acceptors (Lipinski definition) is 3. The van der Waals surface area contributed by atoms with E-state index in [4.69, 9.17) is 9.47 Å². The Morgan fingerprint density at radius 1 is 1.64 bits per heavy atom. The number of rotatable bonds is 2. The second kappa shape index (κ2) is 4.59. The quantitative estimate of drug-likeness (QED) is 0.600. The molecule has 1 N–H and O–H groups in total. The molecular weight excluding hydrogens is 259 g/mol. The first-order valence-corrected chi connectivity index (χ1v) is 5.21. The molecule has 1 aliphatic rings. The SMILES string of the molecule is COC1CC(O)CC(CI)O1. The Morgan fingerprint density at radius 3 is 2.91 bits per heavy atom. The second-order valence-corrected chi connectivity index (χ2v) is 3.58. The molecule has 1 saturated heterocycles. The van der Waals surface area contributed by atoms with Gasteiger partial charge in [0, 0.05) is 24.4 Å².